The molecule has 0 saturated carbocycles. The van der Waals surface area contributed by atoms with Crippen LogP contribution in [-0.2, 0) is 16.6 Å². The SMILES string of the molecule is CNS(=O)(=O)c1cccc([C@@H](C)NCc2cc3ccccc3nc2Cl)c1. The Morgan fingerprint density at radius 1 is 1.12 bits per heavy atom. The molecule has 5 nitrogen and oxygen atoms in total. The van der Waals surface area contributed by atoms with Crippen LogP contribution in [0.25, 0.3) is 10.9 Å². The molecule has 0 unspecified atom stereocenters. The number of para-hydroxylation sites is 1. The number of hydrogen-bond acceptors (Lipinski definition) is 4. The van der Waals surface area contributed by atoms with Crippen molar-refractivity contribution in [3.8, 4) is 0 Å². The molecule has 2 N–H and O–H groups in total. The minimum Gasteiger partial charge on any atom is -0.306 e. The summed E-state index contributed by atoms with van der Waals surface area (Å²) in [6.45, 7) is 2.51. The van der Waals surface area contributed by atoms with Gasteiger partial charge in [-0.1, -0.05) is 41.9 Å². The van der Waals surface area contributed by atoms with E-state index in [9.17, 15) is 8.42 Å². The van der Waals surface area contributed by atoms with Crippen molar-refractivity contribution in [1.82, 2.24) is 15.0 Å². The van der Waals surface area contributed by atoms with E-state index in [0.717, 1.165) is 22.0 Å². The first kappa shape index (κ1) is 18.8. The van der Waals surface area contributed by atoms with Crippen molar-refractivity contribution in [2.45, 2.75) is 24.4 Å². The van der Waals surface area contributed by atoms with Gasteiger partial charge in [-0.05, 0) is 43.8 Å². The first-order chi connectivity index (χ1) is 12.4. The summed E-state index contributed by atoms with van der Waals surface area (Å²) in [5.41, 5.74) is 2.64. The van der Waals surface area contributed by atoms with E-state index in [-0.39, 0.29) is 10.9 Å². The van der Waals surface area contributed by atoms with Gasteiger partial charge in [0.25, 0.3) is 0 Å². The molecule has 1 aromatic heterocycles. The van der Waals surface area contributed by atoms with Gasteiger partial charge in [-0.3, -0.25) is 0 Å². The lowest BCUT2D eigenvalue weighted by molar-refractivity contribution is 0.571. The van der Waals surface area contributed by atoms with E-state index in [1.807, 2.05) is 43.3 Å². The normalized spacial score (nSPS) is 13.0. The van der Waals surface area contributed by atoms with Gasteiger partial charge in [-0.25, -0.2) is 18.1 Å². The van der Waals surface area contributed by atoms with Crippen LogP contribution in [0.5, 0.6) is 0 Å². The molecule has 1 atom stereocenters. The van der Waals surface area contributed by atoms with Crippen molar-refractivity contribution in [3.05, 3.63) is 70.9 Å². The Bertz CT molecular complexity index is 1040. The number of sulfonamides is 1. The molecule has 0 aliphatic carbocycles. The topological polar surface area (TPSA) is 71.1 Å². The van der Waals surface area contributed by atoms with Gasteiger partial charge in [0.1, 0.15) is 5.15 Å². The van der Waals surface area contributed by atoms with Crippen LogP contribution in [0.15, 0.2) is 59.5 Å². The lowest BCUT2D eigenvalue weighted by Gasteiger charge is -2.16. The van der Waals surface area contributed by atoms with Gasteiger partial charge in [-0.15, -0.1) is 0 Å². The molecule has 3 aromatic rings. The molecular formula is C19H20ClN3O2S. The highest BCUT2D eigenvalue weighted by Gasteiger charge is 2.14. The summed E-state index contributed by atoms with van der Waals surface area (Å²) in [7, 11) is -2.06. The first-order valence-corrected chi connectivity index (χ1v) is 10.1. The van der Waals surface area contributed by atoms with Crippen LogP contribution in [-0.4, -0.2) is 20.4 Å². The smallest absolute Gasteiger partial charge is 0.240 e. The fourth-order valence-corrected chi connectivity index (χ4v) is 3.71. The molecule has 0 aliphatic rings. The highest BCUT2D eigenvalue weighted by atomic mass is 35.5. The monoisotopic (exact) mass is 389 g/mol. The maximum atomic E-state index is 12.0. The summed E-state index contributed by atoms with van der Waals surface area (Å²) in [4.78, 5) is 4.67. The molecular weight excluding hydrogens is 370 g/mol. The Balaban J connectivity index is 1.78. The van der Waals surface area contributed by atoms with Gasteiger partial charge in [-0.2, -0.15) is 0 Å². The molecule has 1 heterocycles. The van der Waals surface area contributed by atoms with Gasteiger partial charge in [0, 0.05) is 23.5 Å². The van der Waals surface area contributed by atoms with E-state index in [1.54, 1.807) is 18.2 Å². The third kappa shape index (κ3) is 4.04. The first-order valence-electron chi connectivity index (χ1n) is 8.22. The second kappa shape index (κ2) is 7.72. The molecule has 2 aromatic carbocycles. The van der Waals surface area contributed by atoms with Crippen molar-refractivity contribution < 1.29 is 8.42 Å². The van der Waals surface area contributed by atoms with Crippen molar-refractivity contribution in [2.24, 2.45) is 0 Å². The van der Waals surface area contributed by atoms with Crippen molar-refractivity contribution in [2.75, 3.05) is 7.05 Å². The summed E-state index contributed by atoms with van der Waals surface area (Å²) >= 11 is 6.30. The van der Waals surface area contributed by atoms with Crippen LogP contribution >= 0.6 is 11.6 Å². The van der Waals surface area contributed by atoms with Crippen molar-refractivity contribution >= 4 is 32.5 Å². The zero-order chi connectivity index (χ0) is 18.7. The fourth-order valence-electron chi connectivity index (χ4n) is 2.71. The number of aromatic nitrogens is 1. The lowest BCUT2D eigenvalue weighted by atomic mass is 10.1. The number of hydrogen-bond donors (Lipinski definition) is 2. The molecule has 0 spiro atoms. The van der Waals surface area contributed by atoms with Crippen LogP contribution in [0.4, 0.5) is 0 Å². The second-order valence-corrected chi connectivity index (χ2v) is 8.26. The van der Waals surface area contributed by atoms with Crippen molar-refractivity contribution in [3.63, 3.8) is 0 Å². The number of rotatable bonds is 6. The number of nitrogens with zero attached hydrogens (tertiary/aromatic N) is 1. The van der Waals surface area contributed by atoms with Crippen molar-refractivity contribution in [1.29, 1.82) is 0 Å². The van der Waals surface area contributed by atoms with E-state index in [4.69, 9.17) is 11.6 Å². The third-order valence-electron chi connectivity index (χ3n) is 4.29. The zero-order valence-electron chi connectivity index (χ0n) is 14.5. The second-order valence-electron chi connectivity index (χ2n) is 6.01. The minimum atomic E-state index is -3.46. The summed E-state index contributed by atoms with van der Waals surface area (Å²) in [5.74, 6) is 0. The molecule has 26 heavy (non-hydrogen) atoms. The highest BCUT2D eigenvalue weighted by molar-refractivity contribution is 7.89. The Labute approximate surface area is 158 Å². The number of fused-ring (bicyclic) bond motifs is 1. The largest absolute Gasteiger partial charge is 0.306 e. The Hall–Kier alpha value is -1.99. The van der Waals surface area contributed by atoms with E-state index >= 15 is 0 Å². The molecule has 0 aliphatic heterocycles. The number of nitrogens with one attached hydrogen (secondary N) is 2. The Kier molecular flexibility index (Phi) is 5.58. The lowest BCUT2D eigenvalue weighted by Crippen LogP contribution is -2.21. The predicted molar refractivity (Wildman–Crippen MR) is 105 cm³/mol. The number of pyridine rings is 1. The third-order valence-corrected chi connectivity index (χ3v) is 6.03. The van der Waals surface area contributed by atoms with Crippen LogP contribution in [0.2, 0.25) is 5.15 Å². The zero-order valence-corrected chi connectivity index (χ0v) is 16.1. The molecule has 3 rings (SSSR count). The Morgan fingerprint density at radius 2 is 1.88 bits per heavy atom. The number of benzene rings is 2. The highest BCUT2D eigenvalue weighted by Crippen LogP contribution is 2.22. The van der Waals surface area contributed by atoms with E-state index in [2.05, 4.69) is 15.0 Å². The molecule has 136 valence electrons. The van der Waals surface area contributed by atoms with Crippen LogP contribution < -0.4 is 10.0 Å². The van der Waals surface area contributed by atoms with E-state index in [0.29, 0.717) is 11.7 Å². The molecule has 0 radical (unpaired) electrons. The summed E-state index contributed by atoms with van der Waals surface area (Å²) < 4.78 is 26.3. The predicted octanol–water partition coefficient (Wildman–Crippen LogP) is 3.65. The van der Waals surface area contributed by atoms with Crippen LogP contribution in [0, 0.1) is 0 Å². The molecule has 0 fully saturated rings. The maximum Gasteiger partial charge on any atom is 0.240 e. The standard InChI is InChI=1S/C19H20ClN3O2S/c1-13(14-7-5-8-17(11-14)26(24,25)21-2)22-12-16-10-15-6-3-4-9-18(15)23-19(16)20/h3-11,13,21-22H,12H2,1-2H3/t13-/m1/s1. The van der Waals surface area contributed by atoms with E-state index in [1.165, 1.54) is 7.05 Å². The Morgan fingerprint density at radius 3 is 2.65 bits per heavy atom. The minimum absolute atomic E-state index is 0.0513. The van der Waals surface area contributed by atoms with Crippen LogP contribution in [0.1, 0.15) is 24.1 Å². The van der Waals surface area contributed by atoms with Gasteiger partial charge >= 0.3 is 0 Å². The van der Waals surface area contributed by atoms with Gasteiger partial charge in [0.15, 0.2) is 0 Å². The fraction of sp³-hybridized carbons (Fsp3) is 0.211. The average Bonchev–Trinajstić information content (AvgIpc) is 2.66. The number of halogens is 1. The van der Waals surface area contributed by atoms with Gasteiger partial charge < -0.3 is 5.32 Å². The molecule has 7 heteroatoms. The van der Waals surface area contributed by atoms with E-state index < -0.39 is 10.0 Å². The average molecular weight is 390 g/mol. The summed E-state index contributed by atoms with van der Waals surface area (Å²) in [6, 6.07) is 16.7. The van der Waals surface area contributed by atoms with Gasteiger partial charge in [0.05, 0.1) is 10.4 Å². The summed E-state index contributed by atoms with van der Waals surface area (Å²) in [6.07, 6.45) is 0. The molecule has 0 bridgehead atoms. The quantitative estimate of drug-likeness (QED) is 0.631. The van der Waals surface area contributed by atoms with Crippen LogP contribution in [0.3, 0.4) is 0 Å². The maximum absolute atomic E-state index is 12.0. The molecule has 0 saturated heterocycles. The van der Waals surface area contributed by atoms with Gasteiger partial charge in [0.2, 0.25) is 10.0 Å². The molecule has 0 amide bonds. The summed E-state index contributed by atoms with van der Waals surface area (Å²) in [5, 5.41) is 4.88.